The fourth-order valence-corrected chi connectivity index (χ4v) is 1.93. The van der Waals surface area contributed by atoms with Gasteiger partial charge in [0.05, 0.1) is 10.5 Å². The lowest BCUT2D eigenvalue weighted by Crippen LogP contribution is -2.14. The fraction of sp³-hybridized carbons (Fsp3) is 0.0667. The molecule has 0 aromatic heterocycles. The Labute approximate surface area is 125 Å². The highest BCUT2D eigenvalue weighted by atomic mass is 16.6. The second kappa shape index (κ2) is 6.04. The van der Waals surface area contributed by atoms with Gasteiger partial charge in [-0.15, -0.1) is 0 Å². The molecule has 1 amide bonds. The van der Waals surface area contributed by atoms with Crippen LogP contribution in [-0.2, 0) is 0 Å². The minimum absolute atomic E-state index is 0.0986. The molecule has 7 nitrogen and oxygen atoms in total. The van der Waals surface area contributed by atoms with Gasteiger partial charge >= 0.3 is 5.97 Å². The van der Waals surface area contributed by atoms with Gasteiger partial charge in [0, 0.05) is 23.4 Å². The number of amides is 1. The van der Waals surface area contributed by atoms with E-state index in [0.29, 0.717) is 11.3 Å². The van der Waals surface area contributed by atoms with E-state index in [9.17, 15) is 19.7 Å². The van der Waals surface area contributed by atoms with Crippen LogP contribution in [0.15, 0.2) is 42.5 Å². The van der Waals surface area contributed by atoms with Gasteiger partial charge in [-0.25, -0.2) is 4.79 Å². The fourth-order valence-electron chi connectivity index (χ4n) is 1.93. The van der Waals surface area contributed by atoms with Gasteiger partial charge in [0.2, 0.25) is 0 Å². The monoisotopic (exact) mass is 300 g/mol. The first-order chi connectivity index (χ1) is 10.4. The van der Waals surface area contributed by atoms with Crippen molar-refractivity contribution in [3.8, 4) is 0 Å². The summed E-state index contributed by atoms with van der Waals surface area (Å²) in [6.45, 7) is 1.59. The number of anilines is 1. The number of nitro benzene ring substituents is 1. The quantitative estimate of drug-likeness (QED) is 0.666. The summed E-state index contributed by atoms with van der Waals surface area (Å²) in [5.74, 6) is -1.55. The number of hydrogen-bond donors (Lipinski definition) is 2. The number of benzene rings is 2. The Morgan fingerprint density at radius 3 is 2.32 bits per heavy atom. The van der Waals surface area contributed by atoms with Crippen molar-refractivity contribution in [2.24, 2.45) is 0 Å². The minimum Gasteiger partial charge on any atom is -0.478 e. The molecule has 2 aromatic carbocycles. The number of nitro groups is 1. The molecule has 0 saturated carbocycles. The summed E-state index contributed by atoms with van der Waals surface area (Å²) in [5, 5.41) is 22.2. The second-order valence-corrected chi connectivity index (χ2v) is 4.54. The Hall–Kier alpha value is -3.22. The molecule has 0 fully saturated rings. The van der Waals surface area contributed by atoms with E-state index in [4.69, 9.17) is 5.11 Å². The van der Waals surface area contributed by atoms with Crippen LogP contribution in [0.2, 0.25) is 0 Å². The number of carbonyl (C=O) groups is 2. The molecule has 0 unspecified atom stereocenters. The Bertz CT molecular complexity index is 753. The standard InChI is InChI=1S/C15H12N2O5/c1-9-12(15(19)20)3-2-4-13(9)16-14(18)10-5-7-11(8-6-10)17(21)22/h2-8H,1H3,(H,16,18)(H,19,20). The SMILES string of the molecule is Cc1c(NC(=O)c2ccc([N+](=O)[O-])cc2)cccc1C(=O)O. The number of carboxylic acids is 1. The van der Waals surface area contributed by atoms with Crippen LogP contribution in [0.25, 0.3) is 0 Å². The van der Waals surface area contributed by atoms with Gasteiger partial charge in [-0.1, -0.05) is 6.07 Å². The molecule has 2 aromatic rings. The lowest BCUT2D eigenvalue weighted by molar-refractivity contribution is -0.384. The number of nitrogens with one attached hydrogen (secondary N) is 1. The highest BCUT2D eigenvalue weighted by Crippen LogP contribution is 2.20. The van der Waals surface area contributed by atoms with Crippen molar-refractivity contribution in [1.29, 1.82) is 0 Å². The van der Waals surface area contributed by atoms with Crippen LogP contribution in [0.1, 0.15) is 26.3 Å². The molecular formula is C15H12N2O5. The van der Waals surface area contributed by atoms with Crippen LogP contribution in [0.5, 0.6) is 0 Å². The molecule has 0 atom stereocenters. The third-order valence-electron chi connectivity index (χ3n) is 3.15. The third kappa shape index (κ3) is 3.09. The second-order valence-electron chi connectivity index (χ2n) is 4.54. The number of hydrogen-bond acceptors (Lipinski definition) is 4. The molecule has 112 valence electrons. The van der Waals surface area contributed by atoms with Crippen LogP contribution in [-0.4, -0.2) is 21.9 Å². The van der Waals surface area contributed by atoms with Crippen molar-refractivity contribution in [3.63, 3.8) is 0 Å². The molecule has 2 N–H and O–H groups in total. The smallest absolute Gasteiger partial charge is 0.336 e. The van der Waals surface area contributed by atoms with Gasteiger partial charge in [-0.2, -0.15) is 0 Å². The largest absolute Gasteiger partial charge is 0.478 e. The Balaban J connectivity index is 2.24. The van der Waals surface area contributed by atoms with Crippen LogP contribution in [0.3, 0.4) is 0 Å². The van der Waals surface area contributed by atoms with Gasteiger partial charge < -0.3 is 10.4 Å². The summed E-state index contributed by atoms with van der Waals surface area (Å²) in [6.07, 6.45) is 0. The topological polar surface area (TPSA) is 110 Å². The maximum atomic E-state index is 12.1. The van der Waals surface area contributed by atoms with E-state index in [2.05, 4.69) is 5.32 Å². The average molecular weight is 300 g/mol. The third-order valence-corrected chi connectivity index (χ3v) is 3.15. The summed E-state index contributed by atoms with van der Waals surface area (Å²) in [7, 11) is 0. The molecule has 0 aliphatic rings. The van der Waals surface area contributed by atoms with Crippen molar-refractivity contribution in [2.45, 2.75) is 6.92 Å². The van der Waals surface area contributed by atoms with Crippen LogP contribution < -0.4 is 5.32 Å². The first-order valence-electron chi connectivity index (χ1n) is 6.29. The zero-order chi connectivity index (χ0) is 16.3. The van der Waals surface area contributed by atoms with E-state index >= 15 is 0 Å². The van der Waals surface area contributed by atoms with E-state index in [1.54, 1.807) is 13.0 Å². The van der Waals surface area contributed by atoms with Crippen LogP contribution in [0.4, 0.5) is 11.4 Å². The highest BCUT2D eigenvalue weighted by molar-refractivity contribution is 6.05. The lowest BCUT2D eigenvalue weighted by Gasteiger charge is -2.10. The van der Waals surface area contributed by atoms with E-state index < -0.39 is 16.8 Å². The van der Waals surface area contributed by atoms with E-state index in [1.165, 1.54) is 36.4 Å². The van der Waals surface area contributed by atoms with Crippen LogP contribution >= 0.6 is 0 Å². The zero-order valence-electron chi connectivity index (χ0n) is 11.6. The van der Waals surface area contributed by atoms with Gasteiger partial charge in [0.15, 0.2) is 0 Å². The van der Waals surface area contributed by atoms with Crippen molar-refractivity contribution < 1.29 is 19.6 Å². The summed E-state index contributed by atoms with van der Waals surface area (Å²) in [4.78, 5) is 33.2. The van der Waals surface area contributed by atoms with E-state index in [1.807, 2.05) is 0 Å². The Morgan fingerprint density at radius 1 is 1.14 bits per heavy atom. The molecule has 2 rings (SSSR count). The van der Waals surface area contributed by atoms with E-state index in [0.717, 1.165) is 0 Å². The highest BCUT2D eigenvalue weighted by Gasteiger charge is 2.14. The predicted octanol–water partition coefficient (Wildman–Crippen LogP) is 2.85. The van der Waals surface area contributed by atoms with Crippen molar-refractivity contribution in [3.05, 3.63) is 69.3 Å². The lowest BCUT2D eigenvalue weighted by atomic mass is 10.1. The van der Waals surface area contributed by atoms with Crippen LogP contribution in [0, 0.1) is 17.0 Å². The average Bonchev–Trinajstić information content (AvgIpc) is 2.49. The number of nitrogens with zero attached hydrogens (tertiary/aromatic N) is 1. The molecular weight excluding hydrogens is 288 g/mol. The maximum absolute atomic E-state index is 12.1. The van der Waals surface area contributed by atoms with Gasteiger partial charge in [0.25, 0.3) is 11.6 Å². The Kier molecular flexibility index (Phi) is 4.17. The maximum Gasteiger partial charge on any atom is 0.336 e. The number of rotatable bonds is 4. The Morgan fingerprint density at radius 2 is 1.77 bits per heavy atom. The van der Waals surface area contributed by atoms with Crippen molar-refractivity contribution >= 4 is 23.3 Å². The number of non-ortho nitro benzene ring substituents is 1. The summed E-state index contributed by atoms with van der Waals surface area (Å²) in [6, 6.07) is 9.70. The molecule has 0 heterocycles. The molecule has 0 radical (unpaired) electrons. The van der Waals surface area contributed by atoms with Crippen molar-refractivity contribution in [2.75, 3.05) is 5.32 Å². The molecule has 0 spiro atoms. The van der Waals surface area contributed by atoms with Gasteiger partial charge in [-0.3, -0.25) is 14.9 Å². The summed E-state index contributed by atoms with van der Waals surface area (Å²) >= 11 is 0. The van der Waals surface area contributed by atoms with Crippen molar-refractivity contribution in [1.82, 2.24) is 0 Å². The number of carbonyl (C=O) groups excluding carboxylic acids is 1. The summed E-state index contributed by atoms with van der Waals surface area (Å²) in [5.41, 5.74) is 1.04. The first kappa shape index (κ1) is 15.2. The summed E-state index contributed by atoms with van der Waals surface area (Å²) < 4.78 is 0. The van der Waals surface area contributed by atoms with E-state index in [-0.39, 0.29) is 16.8 Å². The molecule has 0 aliphatic carbocycles. The van der Waals surface area contributed by atoms with Gasteiger partial charge in [-0.05, 0) is 36.8 Å². The first-order valence-corrected chi connectivity index (χ1v) is 6.29. The molecule has 0 bridgehead atoms. The molecule has 7 heteroatoms. The number of aromatic carboxylic acids is 1. The normalized spacial score (nSPS) is 10.0. The molecule has 0 aliphatic heterocycles. The number of carboxylic acid groups (broad SMARTS) is 1. The predicted molar refractivity (Wildman–Crippen MR) is 79.2 cm³/mol. The molecule has 22 heavy (non-hydrogen) atoms. The molecule has 0 saturated heterocycles. The zero-order valence-corrected chi connectivity index (χ0v) is 11.6. The van der Waals surface area contributed by atoms with Gasteiger partial charge in [0.1, 0.15) is 0 Å². The minimum atomic E-state index is -1.08.